The number of piperazine rings is 1. The zero-order valence-corrected chi connectivity index (χ0v) is 11.5. The van der Waals surface area contributed by atoms with E-state index in [1.54, 1.807) is 10.6 Å². The smallest absolute Gasteiger partial charge is 0.218 e. The minimum absolute atomic E-state index is 0.598. The first-order chi connectivity index (χ1) is 9.28. The Labute approximate surface area is 115 Å². The lowest BCUT2D eigenvalue weighted by molar-refractivity contribution is 0.111. The number of aldehydes is 1. The summed E-state index contributed by atoms with van der Waals surface area (Å²) in [6.45, 7) is 4.02. The molecule has 0 bridgehead atoms. The fourth-order valence-electron chi connectivity index (χ4n) is 2.10. The molecule has 2 aromatic rings. The Morgan fingerprint density at radius 1 is 1.21 bits per heavy atom. The lowest BCUT2D eigenvalue weighted by Gasteiger charge is -2.31. The Hall–Kier alpha value is -1.73. The molecule has 6 nitrogen and oxygen atoms in total. The Kier molecular flexibility index (Phi) is 3.31. The van der Waals surface area contributed by atoms with Crippen molar-refractivity contribution in [1.29, 1.82) is 0 Å². The molecule has 0 amide bonds. The van der Waals surface area contributed by atoms with Crippen molar-refractivity contribution < 1.29 is 4.79 Å². The van der Waals surface area contributed by atoms with Gasteiger partial charge in [0, 0.05) is 32.4 Å². The van der Waals surface area contributed by atoms with Crippen LogP contribution in [0.5, 0.6) is 0 Å². The number of carbonyl (C=O) groups is 1. The largest absolute Gasteiger partial charge is 0.344 e. The summed E-state index contributed by atoms with van der Waals surface area (Å²) in [5, 5.41) is 10.1. The van der Waals surface area contributed by atoms with Gasteiger partial charge in [-0.1, -0.05) is 11.3 Å². The van der Waals surface area contributed by atoms with Crippen molar-refractivity contribution in [3.8, 4) is 5.13 Å². The third-order valence-electron chi connectivity index (χ3n) is 3.28. The van der Waals surface area contributed by atoms with Crippen LogP contribution in [0.1, 0.15) is 10.5 Å². The van der Waals surface area contributed by atoms with Crippen molar-refractivity contribution in [2.75, 3.05) is 38.1 Å². The van der Waals surface area contributed by atoms with Gasteiger partial charge in [-0.3, -0.25) is 9.36 Å². The van der Waals surface area contributed by atoms with Crippen molar-refractivity contribution in [1.82, 2.24) is 19.7 Å². The molecule has 3 heterocycles. The maximum Gasteiger partial charge on any atom is 0.218 e. The molecule has 0 spiro atoms. The molecule has 7 heteroatoms. The van der Waals surface area contributed by atoms with Gasteiger partial charge in [-0.05, 0) is 19.2 Å². The summed E-state index contributed by atoms with van der Waals surface area (Å²) in [4.78, 5) is 15.5. The van der Waals surface area contributed by atoms with Crippen molar-refractivity contribution in [3.63, 3.8) is 0 Å². The second kappa shape index (κ2) is 5.10. The molecule has 0 saturated carbocycles. The van der Waals surface area contributed by atoms with Crippen LogP contribution in [0.15, 0.2) is 18.3 Å². The molecular formula is C12H15N5OS. The van der Waals surface area contributed by atoms with Crippen LogP contribution in [0.4, 0.5) is 5.13 Å². The van der Waals surface area contributed by atoms with Gasteiger partial charge in [0.15, 0.2) is 6.29 Å². The highest BCUT2D eigenvalue weighted by Crippen LogP contribution is 2.24. The topological polar surface area (TPSA) is 54.3 Å². The zero-order chi connectivity index (χ0) is 13.2. The molecule has 3 rings (SSSR count). The normalized spacial score (nSPS) is 16.8. The number of hydrogen-bond acceptors (Lipinski definition) is 6. The molecular weight excluding hydrogens is 262 g/mol. The maximum atomic E-state index is 10.9. The van der Waals surface area contributed by atoms with E-state index in [1.807, 2.05) is 12.3 Å². The lowest BCUT2D eigenvalue weighted by atomic mass is 10.3. The van der Waals surface area contributed by atoms with Gasteiger partial charge in [0.2, 0.25) is 10.3 Å². The molecule has 1 fully saturated rings. The summed E-state index contributed by atoms with van der Waals surface area (Å²) in [6.07, 6.45) is 2.66. The SMILES string of the molecule is CN1CCN(c2nnc(-n3cccc3C=O)s2)CC1. The summed E-state index contributed by atoms with van der Waals surface area (Å²) in [5.41, 5.74) is 0.598. The van der Waals surface area contributed by atoms with Crippen molar-refractivity contribution in [2.24, 2.45) is 0 Å². The van der Waals surface area contributed by atoms with Crippen LogP contribution in [0.3, 0.4) is 0 Å². The number of hydrogen-bond donors (Lipinski definition) is 0. The molecule has 1 aliphatic heterocycles. The van der Waals surface area contributed by atoms with E-state index < -0.39 is 0 Å². The summed E-state index contributed by atoms with van der Waals surface area (Å²) in [5.74, 6) is 0. The Bertz CT molecular complexity index is 570. The van der Waals surface area contributed by atoms with Crippen LogP contribution in [-0.4, -0.2) is 59.2 Å². The molecule has 19 heavy (non-hydrogen) atoms. The minimum atomic E-state index is 0.598. The van der Waals surface area contributed by atoms with Crippen molar-refractivity contribution >= 4 is 22.8 Å². The van der Waals surface area contributed by atoms with Gasteiger partial charge < -0.3 is 9.80 Å². The Morgan fingerprint density at radius 3 is 2.68 bits per heavy atom. The number of aromatic nitrogens is 3. The summed E-state index contributed by atoms with van der Waals surface area (Å²) in [7, 11) is 2.12. The van der Waals surface area contributed by atoms with Crippen molar-refractivity contribution in [2.45, 2.75) is 0 Å². The Balaban J connectivity index is 1.82. The fraction of sp³-hybridized carbons (Fsp3) is 0.417. The van der Waals surface area contributed by atoms with Crippen LogP contribution >= 0.6 is 11.3 Å². The molecule has 0 aromatic carbocycles. The first-order valence-electron chi connectivity index (χ1n) is 6.18. The van der Waals surface area contributed by atoms with E-state index in [0.29, 0.717) is 5.69 Å². The number of rotatable bonds is 3. The maximum absolute atomic E-state index is 10.9. The van der Waals surface area contributed by atoms with E-state index in [9.17, 15) is 4.79 Å². The fourth-order valence-corrected chi connectivity index (χ4v) is 3.00. The van der Waals surface area contributed by atoms with E-state index in [0.717, 1.165) is 42.7 Å². The van der Waals surface area contributed by atoms with Gasteiger partial charge in [0.25, 0.3) is 0 Å². The average Bonchev–Trinajstić information content (AvgIpc) is 3.07. The summed E-state index contributed by atoms with van der Waals surface area (Å²) >= 11 is 1.52. The minimum Gasteiger partial charge on any atom is -0.344 e. The second-order valence-corrected chi connectivity index (χ2v) is 5.51. The number of nitrogens with zero attached hydrogens (tertiary/aromatic N) is 5. The van der Waals surface area contributed by atoms with Crippen LogP contribution in [0.25, 0.3) is 5.13 Å². The van der Waals surface area contributed by atoms with E-state index in [2.05, 4.69) is 27.0 Å². The average molecular weight is 277 g/mol. The van der Waals surface area contributed by atoms with Gasteiger partial charge in [-0.25, -0.2) is 0 Å². The Morgan fingerprint density at radius 2 is 1.95 bits per heavy atom. The highest BCUT2D eigenvalue weighted by Gasteiger charge is 2.18. The van der Waals surface area contributed by atoms with E-state index >= 15 is 0 Å². The number of likely N-dealkylation sites (N-methyl/N-ethyl adjacent to an activating group) is 1. The molecule has 1 saturated heterocycles. The number of carbonyl (C=O) groups excluding carboxylic acids is 1. The molecule has 0 radical (unpaired) electrons. The molecule has 1 aliphatic rings. The van der Waals surface area contributed by atoms with E-state index in [4.69, 9.17) is 0 Å². The van der Waals surface area contributed by atoms with Crippen molar-refractivity contribution in [3.05, 3.63) is 24.0 Å². The predicted molar refractivity (Wildman–Crippen MR) is 74.3 cm³/mol. The van der Waals surface area contributed by atoms with E-state index in [1.165, 1.54) is 11.3 Å². The highest BCUT2D eigenvalue weighted by molar-refractivity contribution is 7.17. The lowest BCUT2D eigenvalue weighted by Crippen LogP contribution is -2.44. The third-order valence-corrected chi connectivity index (χ3v) is 4.27. The van der Waals surface area contributed by atoms with Gasteiger partial charge in [-0.2, -0.15) is 0 Å². The standard InChI is InChI=1S/C12H15N5OS/c1-15-5-7-16(8-6-15)11-13-14-12(19-11)17-4-2-3-10(17)9-18/h2-4,9H,5-8H2,1H3. The molecule has 0 aliphatic carbocycles. The van der Waals surface area contributed by atoms with Crippen LogP contribution in [0.2, 0.25) is 0 Å². The molecule has 100 valence electrons. The molecule has 0 N–H and O–H groups in total. The van der Waals surface area contributed by atoms with Gasteiger partial charge in [0.05, 0.1) is 5.69 Å². The highest BCUT2D eigenvalue weighted by atomic mass is 32.1. The van der Waals surface area contributed by atoms with Gasteiger partial charge >= 0.3 is 0 Å². The summed E-state index contributed by atoms with van der Waals surface area (Å²) < 4.78 is 1.77. The second-order valence-electron chi connectivity index (χ2n) is 4.58. The van der Waals surface area contributed by atoms with Crippen LogP contribution < -0.4 is 4.90 Å². The first-order valence-corrected chi connectivity index (χ1v) is 6.99. The zero-order valence-electron chi connectivity index (χ0n) is 10.7. The van der Waals surface area contributed by atoms with Crippen LogP contribution in [-0.2, 0) is 0 Å². The van der Waals surface area contributed by atoms with Crippen LogP contribution in [0, 0.1) is 0 Å². The first kappa shape index (κ1) is 12.3. The predicted octanol–water partition coefficient (Wildman–Crippen LogP) is 0.893. The third kappa shape index (κ3) is 2.39. The van der Waals surface area contributed by atoms with Gasteiger partial charge in [0.1, 0.15) is 0 Å². The van der Waals surface area contributed by atoms with Gasteiger partial charge in [-0.15, -0.1) is 10.2 Å². The number of anilines is 1. The summed E-state index contributed by atoms with van der Waals surface area (Å²) in [6, 6.07) is 3.60. The molecule has 0 unspecified atom stereocenters. The van der Waals surface area contributed by atoms with E-state index in [-0.39, 0.29) is 0 Å². The molecule has 2 aromatic heterocycles. The molecule has 0 atom stereocenters. The quantitative estimate of drug-likeness (QED) is 0.780. The monoisotopic (exact) mass is 277 g/mol.